The summed E-state index contributed by atoms with van der Waals surface area (Å²) in [5, 5.41) is 0.597. The van der Waals surface area contributed by atoms with Crippen LogP contribution in [0, 0.1) is 0 Å². The number of hydrogen-bond donors (Lipinski definition) is 0. The van der Waals surface area contributed by atoms with Gasteiger partial charge < -0.3 is 4.74 Å². The number of ether oxygens (including phenoxy) is 1. The molecule has 2 nitrogen and oxygen atoms in total. The van der Waals surface area contributed by atoms with Crippen molar-refractivity contribution in [2.75, 3.05) is 6.61 Å². The molecule has 0 aliphatic heterocycles. The monoisotopic (exact) mass is 268 g/mol. The second-order valence-electron chi connectivity index (χ2n) is 4.65. The predicted molar refractivity (Wildman–Crippen MR) is 75.9 cm³/mol. The van der Waals surface area contributed by atoms with Crippen LogP contribution in [0.15, 0.2) is 12.1 Å². The molecule has 100 valence electrons. The molecule has 0 spiro atoms. The van der Waals surface area contributed by atoms with Gasteiger partial charge in [-0.2, -0.15) is 0 Å². The van der Waals surface area contributed by atoms with E-state index in [-0.39, 0.29) is 11.7 Å². The lowest BCUT2D eigenvalue weighted by Gasteiger charge is -2.17. The molecule has 0 bridgehead atoms. The summed E-state index contributed by atoms with van der Waals surface area (Å²) in [7, 11) is 0. The molecule has 0 aliphatic carbocycles. The van der Waals surface area contributed by atoms with E-state index in [0.717, 1.165) is 12.0 Å². The lowest BCUT2D eigenvalue weighted by Crippen LogP contribution is -2.08. The van der Waals surface area contributed by atoms with Gasteiger partial charge in [-0.05, 0) is 30.0 Å². The van der Waals surface area contributed by atoms with E-state index in [1.54, 1.807) is 6.07 Å². The van der Waals surface area contributed by atoms with E-state index in [4.69, 9.17) is 16.3 Å². The van der Waals surface area contributed by atoms with Gasteiger partial charge in [-0.15, -0.1) is 0 Å². The highest BCUT2D eigenvalue weighted by atomic mass is 35.5. The van der Waals surface area contributed by atoms with E-state index in [0.29, 0.717) is 29.4 Å². The predicted octanol–water partition coefficient (Wildman–Crippen LogP) is 4.84. The van der Waals surface area contributed by atoms with Crippen LogP contribution in [-0.4, -0.2) is 12.4 Å². The fourth-order valence-corrected chi connectivity index (χ4v) is 2.03. The van der Waals surface area contributed by atoms with Crippen molar-refractivity contribution in [3.63, 3.8) is 0 Å². The van der Waals surface area contributed by atoms with Crippen molar-refractivity contribution in [1.82, 2.24) is 0 Å². The normalized spacial score (nSPS) is 10.8. The Bertz CT molecular complexity index is 425. The Labute approximate surface area is 114 Å². The van der Waals surface area contributed by atoms with E-state index < -0.39 is 0 Å². The van der Waals surface area contributed by atoms with Gasteiger partial charge >= 0.3 is 0 Å². The molecule has 0 saturated carbocycles. The molecule has 1 rings (SSSR count). The van der Waals surface area contributed by atoms with Crippen LogP contribution in [0.4, 0.5) is 0 Å². The van der Waals surface area contributed by atoms with Crippen molar-refractivity contribution < 1.29 is 9.53 Å². The van der Waals surface area contributed by atoms with Crippen molar-refractivity contribution in [1.29, 1.82) is 0 Å². The number of ketones is 1. The average molecular weight is 269 g/mol. The third-order valence-corrected chi connectivity index (χ3v) is 2.99. The lowest BCUT2D eigenvalue weighted by molar-refractivity contribution is 0.0984. The molecule has 1 aromatic carbocycles. The highest BCUT2D eigenvalue weighted by Crippen LogP contribution is 2.34. The Morgan fingerprint density at radius 3 is 2.50 bits per heavy atom. The Morgan fingerprint density at radius 2 is 2.00 bits per heavy atom. The van der Waals surface area contributed by atoms with E-state index >= 15 is 0 Å². The molecule has 18 heavy (non-hydrogen) atoms. The number of halogens is 1. The number of hydrogen-bond acceptors (Lipinski definition) is 2. The largest absolute Gasteiger partial charge is 0.493 e. The zero-order valence-corrected chi connectivity index (χ0v) is 12.3. The second-order valence-corrected chi connectivity index (χ2v) is 5.09. The highest BCUT2D eigenvalue weighted by Gasteiger charge is 2.18. The zero-order valence-electron chi connectivity index (χ0n) is 11.5. The van der Waals surface area contributed by atoms with Crippen molar-refractivity contribution in [2.45, 2.75) is 46.5 Å². The fourth-order valence-electron chi connectivity index (χ4n) is 1.81. The van der Waals surface area contributed by atoms with Crippen LogP contribution in [-0.2, 0) is 0 Å². The Balaban J connectivity index is 3.32. The summed E-state index contributed by atoms with van der Waals surface area (Å²) in [6, 6.07) is 3.61. The Hall–Kier alpha value is -1.02. The SMILES string of the molecule is CCCOc1c(C(=O)CC)cc(Cl)cc1C(C)C. The molecule has 0 N–H and O–H groups in total. The third kappa shape index (κ3) is 3.49. The topological polar surface area (TPSA) is 26.3 Å². The third-order valence-electron chi connectivity index (χ3n) is 2.78. The maximum atomic E-state index is 12.0. The first-order valence-corrected chi connectivity index (χ1v) is 6.88. The lowest BCUT2D eigenvalue weighted by atomic mass is 9.96. The van der Waals surface area contributed by atoms with Crippen LogP contribution >= 0.6 is 11.6 Å². The van der Waals surface area contributed by atoms with Crippen molar-refractivity contribution in [2.24, 2.45) is 0 Å². The molecule has 0 fully saturated rings. The average Bonchev–Trinajstić information content (AvgIpc) is 2.35. The van der Waals surface area contributed by atoms with Gasteiger partial charge in [0, 0.05) is 11.4 Å². The smallest absolute Gasteiger partial charge is 0.166 e. The molecule has 0 heterocycles. The van der Waals surface area contributed by atoms with Gasteiger partial charge in [-0.1, -0.05) is 39.3 Å². The molecule has 1 aromatic rings. The van der Waals surface area contributed by atoms with E-state index in [9.17, 15) is 4.79 Å². The van der Waals surface area contributed by atoms with Crippen LogP contribution in [0.25, 0.3) is 0 Å². The second kappa shape index (κ2) is 6.79. The van der Waals surface area contributed by atoms with Crippen LogP contribution < -0.4 is 4.74 Å². The molecule has 3 heteroatoms. The number of Topliss-reactive ketones (excluding diaryl/α,β-unsaturated/α-hetero) is 1. The first kappa shape index (κ1) is 15.0. The molecule has 0 aliphatic rings. The summed E-state index contributed by atoms with van der Waals surface area (Å²) >= 11 is 6.09. The summed E-state index contributed by atoms with van der Waals surface area (Å²) in [6.07, 6.45) is 1.38. The van der Waals surface area contributed by atoms with Gasteiger partial charge in [0.2, 0.25) is 0 Å². The molecule has 0 radical (unpaired) electrons. The minimum absolute atomic E-state index is 0.0745. The van der Waals surface area contributed by atoms with Crippen molar-refractivity contribution in [3.05, 3.63) is 28.3 Å². The maximum Gasteiger partial charge on any atom is 0.166 e. The van der Waals surface area contributed by atoms with Crippen LogP contribution in [0.3, 0.4) is 0 Å². The maximum absolute atomic E-state index is 12.0. The molecular weight excluding hydrogens is 248 g/mol. The summed E-state index contributed by atoms with van der Waals surface area (Å²) in [4.78, 5) is 12.0. The first-order valence-electron chi connectivity index (χ1n) is 6.50. The molecule has 0 unspecified atom stereocenters. The number of carbonyl (C=O) groups is 1. The van der Waals surface area contributed by atoms with E-state index in [2.05, 4.69) is 13.8 Å². The van der Waals surface area contributed by atoms with Gasteiger partial charge in [0.15, 0.2) is 5.78 Å². The standard InChI is InChI=1S/C15H21ClO2/c1-5-7-18-15-12(10(3)4)8-11(16)9-13(15)14(17)6-2/h8-10H,5-7H2,1-4H3. The number of benzene rings is 1. The Kier molecular flexibility index (Phi) is 5.67. The van der Waals surface area contributed by atoms with Crippen molar-refractivity contribution in [3.8, 4) is 5.75 Å². The minimum atomic E-state index is 0.0745. The summed E-state index contributed by atoms with van der Waals surface area (Å²) in [5.74, 6) is 1.06. The molecule has 0 saturated heterocycles. The van der Waals surface area contributed by atoms with Crippen LogP contribution in [0.2, 0.25) is 5.02 Å². The van der Waals surface area contributed by atoms with Crippen LogP contribution in [0.1, 0.15) is 62.4 Å². The van der Waals surface area contributed by atoms with E-state index in [1.807, 2.05) is 19.9 Å². The molecule has 0 atom stereocenters. The minimum Gasteiger partial charge on any atom is -0.493 e. The quantitative estimate of drug-likeness (QED) is 0.690. The zero-order chi connectivity index (χ0) is 13.7. The molecule has 0 amide bonds. The summed E-state index contributed by atoms with van der Waals surface area (Å²) < 4.78 is 5.78. The van der Waals surface area contributed by atoms with Crippen LogP contribution in [0.5, 0.6) is 5.75 Å². The van der Waals surface area contributed by atoms with Gasteiger partial charge in [0.1, 0.15) is 5.75 Å². The first-order chi connectivity index (χ1) is 8.51. The fraction of sp³-hybridized carbons (Fsp3) is 0.533. The van der Waals surface area contributed by atoms with Gasteiger partial charge in [-0.25, -0.2) is 0 Å². The molecule has 0 aromatic heterocycles. The number of rotatable bonds is 6. The van der Waals surface area contributed by atoms with Crippen molar-refractivity contribution >= 4 is 17.4 Å². The van der Waals surface area contributed by atoms with Gasteiger partial charge in [-0.3, -0.25) is 4.79 Å². The van der Waals surface area contributed by atoms with E-state index in [1.165, 1.54) is 0 Å². The number of carbonyl (C=O) groups excluding carboxylic acids is 1. The highest BCUT2D eigenvalue weighted by molar-refractivity contribution is 6.31. The summed E-state index contributed by atoms with van der Waals surface area (Å²) in [5.41, 5.74) is 1.62. The molecular formula is C15H21ClO2. The van der Waals surface area contributed by atoms with Gasteiger partial charge in [0.05, 0.1) is 12.2 Å². The Morgan fingerprint density at radius 1 is 1.33 bits per heavy atom. The summed E-state index contributed by atoms with van der Waals surface area (Å²) in [6.45, 7) is 8.66. The van der Waals surface area contributed by atoms with Gasteiger partial charge in [0.25, 0.3) is 0 Å².